The molecule has 2 aromatic rings. The minimum atomic E-state index is -4.38. The molecular formula is C19H16F3NO3. The lowest BCUT2D eigenvalue weighted by Crippen LogP contribution is -2.24. The highest BCUT2D eigenvalue weighted by molar-refractivity contribution is 5.92. The van der Waals surface area contributed by atoms with Crippen molar-refractivity contribution >= 4 is 12.0 Å². The van der Waals surface area contributed by atoms with Gasteiger partial charge in [0.15, 0.2) is 11.5 Å². The second kappa shape index (κ2) is 7.11. The molecule has 0 aliphatic carbocycles. The van der Waals surface area contributed by atoms with Crippen LogP contribution in [0.25, 0.3) is 6.08 Å². The molecule has 0 radical (unpaired) electrons. The lowest BCUT2D eigenvalue weighted by Gasteiger charge is -2.14. The van der Waals surface area contributed by atoms with Crippen molar-refractivity contribution < 1.29 is 27.4 Å². The molecule has 3 rings (SSSR count). The van der Waals surface area contributed by atoms with Crippen LogP contribution in [0.1, 0.15) is 29.7 Å². The summed E-state index contributed by atoms with van der Waals surface area (Å²) in [5.74, 6) is 0.920. The highest BCUT2D eigenvalue weighted by atomic mass is 19.4. The summed E-state index contributed by atoms with van der Waals surface area (Å²) in [5, 5.41) is 2.71. The van der Waals surface area contributed by atoms with E-state index in [9.17, 15) is 18.0 Å². The van der Waals surface area contributed by atoms with Gasteiger partial charge in [0.05, 0.1) is 11.6 Å². The Bertz CT molecular complexity index is 829. The monoisotopic (exact) mass is 363 g/mol. The number of ether oxygens (including phenoxy) is 2. The van der Waals surface area contributed by atoms with Crippen molar-refractivity contribution in [1.82, 2.24) is 5.32 Å². The standard InChI is InChI=1S/C19H16F3NO3/c1-12(14-4-6-15(7-5-14)19(20,21)22)23-18(24)9-3-13-2-8-16-17(10-13)26-11-25-16/h2-10,12H,11H2,1H3,(H,23,24)/b9-3+. The smallest absolute Gasteiger partial charge is 0.416 e. The average Bonchev–Trinajstić information content (AvgIpc) is 3.07. The summed E-state index contributed by atoms with van der Waals surface area (Å²) in [6.45, 7) is 1.88. The molecule has 1 aliphatic heterocycles. The number of carbonyl (C=O) groups is 1. The van der Waals surface area contributed by atoms with Gasteiger partial charge in [-0.15, -0.1) is 0 Å². The number of benzene rings is 2. The molecule has 2 aromatic carbocycles. The van der Waals surface area contributed by atoms with Crippen molar-refractivity contribution in [2.75, 3.05) is 6.79 Å². The molecule has 1 amide bonds. The van der Waals surface area contributed by atoms with Crippen LogP contribution < -0.4 is 14.8 Å². The Morgan fingerprint density at radius 1 is 1.12 bits per heavy atom. The summed E-state index contributed by atoms with van der Waals surface area (Å²) in [7, 11) is 0. The van der Waals surface area contributed by atoms with Crippen LogP contribution in [0, 0.1) is 0 Å². The number of alkyl halides is 3. The third-order valence-electron chi connectivity index (χ3n) is 3.92. The van der Waals surface area contributed by atoms with E-state index in [0.29, 0.717) is 17.1 Å². The third kappa shape index (κ3) is 4.17. The van der Waals surface area contributed by atoms with Gasteiger partial charge in [-0.2, -0.15) is 13.2 Å². The van der Waals surface area contributed by atoms with Gasteiger partial charge >= 0.3 is 6.18 Å². The zero-order valence-corrected chi connectivity index (χ0v) is 13.8. The van der Waals surface area contributed by atoms with Crippen molar-refractivity contribution in [1.29, 1.82) is 0 Å². The van der Waals surface area contributed by atoms with Crippen molar-refractivity contribution in [3.05, 3.63) is 65.2 Å². The molecule has 0 fully saturated rings. The quantitative estimate of drug-likeness (QED) is 0.823. The molecule has 0 saturated heterocycles. The van der Waals surface area contributed by atoms with Gasteiger partial charge in [-0.3, -0.25) is 4.79 Å². The van der Waals surface area contributed by atoms with Crippen LogP contribution in [0.2, 0.25) is 0 Å². The largest absolute Gasteiger partial charge is 0.454 e. The normalized spacial score (nSPS) is 14.5. The summed E-state index contributed by atoms with van der Waals surface area (Å²) in [6.07, 6.45) is -1.40. The minimum Gasteiger partial charge on any atom is -0.454 e. The van der Waals surface area contributed by atoms with Gasteiger partial charge in [-0.1, -0.05) is 18.2 Å². The van der Waals surface area contributed by atoms with Crippen molar-refractivity contribution in [2.24, 2.45) is 0 Å². The van der Waals surface area contributed by atoms with E-state index in [-0.39, 0.29) is 12.7 Å². The Labute approximate surface area is 148 Å². The van der Waals surface area contributed by atoms with Crippen LogP contribution in [-0.4, -0.2) is 12.7 Å². The van der Waals surface area contributed by atoms with E-state index in [4.69, 9.17) is 9.47 Å². The molecule has 26 heavy (non-hydrogen) atoms. The van der Waals surface area contributed by atoms with Gasteiger partial charge in [0.1, 0.15) is 0 Å². The van der Waals surface area contributed by atoms with Crippen molar-refractivity contribution in [3.8, 4) is 11.5 Å². The minimum absolute atomic E-state index is 0.174. The molecule has 0 spiro atoms. The number of amides is 1. The highest BCUT2D eigenvalue weighted by Crippen LogP contribution is 2.33. The number of rotatable bonds is 4. The summed E-state index contributed by atoms with van der Waals surface area (Å²) in [6, 6.07) is 9.59. The lowest BCUT2D eigenvalue weighted by atomic mass is 10.1. The van der Waals surface area contributed by atoms with E-state index >= 15 is 0 Å². The summed E-state index contributed by atoms with van der Waals surface area (Å²) < 4.78 is 48.2. The lowest BCUT2D eigenvalue weighted by molar-refractivity contribution is -0.137. The fourth-order valence-corrected chi connectivity index (χ4v) is 2.49. The number of hydrogen-bond donors (Lipinski definition) is 1. The van der Waals surface area contributed by atoms with E-state index in [1.807, 2.05) is 0 Å². The second-order valence-electron chi connectivity index (χ2n) is 5.80. The van der Waals surface area contributed by atoms with Crippen LogP contribution in [0.5, 0.6) is 11.5 Å². The number of carbonyl (C=O) groups excluding carboxylic acids is 1. The molecular weight excluding hydrogens is 347 g/mol. The number of nitrogens with one attached hydrogen (secondary N) is 1. The summed E-state index contributed by atoms with van der Waals surface area (Å²) in [4.78, 5) is 12.0. The third-order valence-corrected chi connectivity index (χ3v) is 3.92. The van der Waals surface area contributed by atoms with Gasteiger partial charge in [0.25, 0.3) is 0 Å². The predicted molar refractivity (Wildman–Crippen MR) is 89.6 cm³/mol. The number of halogens is 3. The van der Waals surface area contributed by atoms with Gasteiger partial charge in [0.2, 0.25) is 12.7 Å². The van der Waals surface area contributed by atoms with Crippen molar-refractivity contribution in [2.45, 2.75) is 19.1 Å². The first kappa shape index (κ1) is 17.8. The van der Waals surface area contributed by atoms with Crippen LogP contribution in [0.4, 0.5) is 13.2 Å². The molecule has 4 nitrogen and oxygen atoms in total. The maximum absolute atomic E-state index is 12.6. The van der Waals surface area contributed by atoms with E-state index < -0.39 is 17.8 Å². The zero-order valence-electron chi connectivity index (χ0n) is 13.8. The maximum atomic E-state index is 12.6. The van der Waals surface area contributed by atoms with Gasteiger partial charge in [0, 0.05) is 6.08 Å². The highest BCUT2D eigenvalue weighted by Gasteiger charge is 2.30. The Morgan fingerprint density at radius 2 is 1.81 bits per heavy atom. The Hall–Kier alpha value is -2.96. The molecule has 136 valence electrons. The van der Waals surface area contributed by atoms with Crippen LogP contribution in [0.15, 0.2) is 48.5 Å². The van der Waals surface area contributed by atoms with Crippen LogP contribution in [0.3, 0.4) is 0 Å². The number of fused-ring (bicyclic) bond motifs is 1. The molecule has 1 heterocycles. The first-order chi connectivity index (χ1) is 12.3. The van der Waals surface area contributed by atoms with E-state index in [1.165, 1.54) is 18.2 Å². The first-order valence-corrected chi connectivity index (χ1v) is 7.88. The maximum Gasteiger partial charge on any atom is 0.416 e. The predicted octanol–water partition coefficient (Wildman–Crippen LogP) is 4.32. The topological polar surface area (TPSA) is 47.6 Å². The second-order valence-corrected chi connectivity index (χ2v) is 5.80. The fourth-order valence-electron chi connectivity index (χ4n) is 2.49. The van der Waals surface area contributed by atoms with E-state index in [0.717, 1.165) is 17.7 Å². The molecule has 0 saturated carbocycles. The van der Waals surface area contributed by atoms with Gasteiger partial charge in [-0.05, 0) is 48.4 Å². The molecule has 1 atom stereocenters. The first-order valence-electron chi connectivity index (χ1n) is 7.88. The van der Waals surface area contributed by atoms with Crippen LogP contribution in [-0.2, 0) is 11.0 Å². The Morgan fingerprint density at radius 3 is 2.50 bits per heavy atom. The molecule has 1 aliphatic rings. The van der Waals surface area contributed by atoms with E-state index in [1.54, 1.807) is 31.2 Å². The molecule has 1 unspecified atom stereocenters. The Balaban J connectivity index is 1.60. The van der Waals surface area contributed by atoms with Crippen molar-refractivity contribution in [3.63, 3.8) is 0 Å². The molecule has 0 aromatic heterocycles. The summed E-state index contributed by atoms with van der Waals surface area (Å²) >= 11 is 0. The molecule has 7 heteroatoms. The number of hydrogen-bond acceptors (Lipinski definition) is 3. The fraction of sp³-hybridized carbons (Fsp3) is 0.211. The zero-order chi connectivity index (χ0) is 18.7. The summed E-state index contributed by atoms with van der Waals surface area (Å²) in [5.41, 5.74) is 0.636. The van der Waals surface area contributed by atoms with Gasteiger partial charge < -0.3 is 14.8 Å². The molecule has 1 N–H and O–H groups in total. The SMILES string of the molecule is CC(NC(=O)/C=C/c1ccc2c(c1)OCO2)c1ccc(C(F)(F)F)cc1. The van der Waals surface area contributed by atoms with E-state index in [2.05, 4.69) is 5.32 Å². The average molecular weight is 363 g/mol. The van der Waals surface area contributed by atoms with Crippen LogP contribution >= 0.6 is 0 Å². The van der Waals surface area contributed by atoms with Gasteiger partial charge in [-0.25, -0.2) is 0 Å². The Kier molecular flexibility index (Phi) is 4.88. The molecule has 0 bridgehead atoms.